The van der Waals surface area contributed by atoms with E-state index in [0.29, 0.717) is 43.1 Å². The fourth-order valence-corrected chi connectivity index (χ4v) is 2.64. The Morgan fingerprint density at radius 2 is 1.87 bits per heavy atom. The molecule has 0 aliphatic carbocycles. The van der Waals surface area contributed by atoms with E-state index in [2.05, 4.69) is 6.07 Å². The largest absolute Gasteiger partial charge is 0.378 e. The van der Waals surface area contributed by atoms with Crippen LogP contribution in [0.4, 0.5) is 10.1 Å². The standard InChI is InChI=1S/C19H17FN2O/c20-18-13-15(6-7-19(18)22-8-10-23-11-9-22)12-17(14-21)16-4-2-1-3-5-16/h1-7,12-13H,8-11H2/b17-12+. The van der Waals surface area contributed by atoms with Crippen molar-refractivity contribution in [3.8, 4) is 6.07 Å². The van der Waals surface area contributed by atoms with Crippen molar-refractivity contribution in [3.05, 3.63) is 65.5 Å². The van der Waals surface area contributed by atoms with Crippen LogP contribution in [0.15, 0.2) is 48.5 Å². The second kappa shape index (κ2) is 7.08. The molecule has 0 spiro atoms. The summed E-state index contributed by atoms with van der Waals surface area (Å²) in [5.41, 5.74) is 2.61. The van der Waals surface area contributed by atoms with Crippen molar-refractivity contribution in [1.29, 1.82) is 5.26 Å². The molecule has 4 heteroatoms. The number of hydrogen-bond donors (Lipinski definition) is 0. The summed E-state index contributed by atoms with van der Waals surface area (Å²) in [7, 11) is 0. The minimum Gasteiger partial charge on any atom is -0.378 e. The summed E-state index contributed by atoms with van der Waals surface area (Å²) in [5, 5.41) is 9.33. The van der Waals surface area contributed by atoms with Gasteiger partial charge < -0.3 is 9.64 Å². The molecule has 0 radical (unpaired) electrons. The molecule has 23 heavy (non-hydrogen) atoms. The van der Waals surface area contributed by atoms with Gasteiger partial charge in [0.1, 0.15) is 5.82 Å². The third-order valence-electron chi connectivity index (χ3n) is 3.84. The van der Waals surface area contributed by atoms with E-state index in [-0.39, 0.29) is 5.82 Å². The molecular formula is C19H17FN2O. The number of halogens is 1. The van der Waals surface area contributed by atoms with Crippen LogP contribution in [0, 0.1) is 17.1 Å². The van der Waals surface area contributed by atoms with E-state index < -0.39 is 0 Å². The second-order valence-corrected chi connectivity index (χ2v) is 5.35. The summed E-state index contributed by atoms with van der Waals surface area (Å²) in [6.45, 7) is 2.63. The van der Waals surface area contributed by atoms with E-state index in [0.717, 1.165) is 5.56 Å². The van der Waals surface area contributed by atoms with Gasteiger partial charge in [-0.2, -0.15) is 5.26 Å². The zero-order chi connectivity index (χ0) is 16.1. The predicted octanol–water partition coefficient (Wildman–Crippen LogP) is 3.73. The molecule has 1 aliphatic rings. The van der Waals surface area contributed by atoms with E-state index >= 15 is 0 Å². The zero-order valence-electron chi connectivity index (χ0n) is 12.7. The number of ether oxygens (including phenoxy) is 1. The molecule has 0 bridgehead atoms. The highest BCUT2D eigenvalue weighted by atomic mass is 19.1. The predicted molar refractivity (Wildman–Crippen MR) is 89.4 cm³/mol. The number of rotatable bonds is 3. The van der Waals surface area contributed by atoms with Gasteiger partial charge in [-0.3, -0.25) is 0 Å². The summed E-state index contributed by atoms with van der Waals surface area (Å²) >= 11 is 0. The van der Waals surface area contributed by atoms with Gasteiger partial charge in [0.15, 0.2) is 0 Å². The molecular weight excluding hydrogens is 291 g/mol. The summed E-state index contributed by atoms with van der Waals surface area (Å²) in [6.07, 6.45) is 1.71. The zero-order valence-corrected chi connectivity index (χ0v) is 12.7. The average molecular weight is 308 g/mol. The molecule has 2 aromatic rings. The quantitative estimate of drug-likeness (QED) is 0.640. The first kappa shape index (κ1) is 15.3. The van der Waals surface area contributed by atoms with Crippen molar-refractivity contribution in [2.24, 2.45) is 0 Å². The summed E-state index contributed by atoms with van der Waals surface area (Å²) in [4.78, 5) is 1.98. The Morgan fingerprint density at radius 3 is 2.52 bits per heavy atom. The molecule has 1 aliphatic heterocycles. The van der Waals surface area contributed by atoms with E-state index in [4.69, 9.17) is 4.74 Å². The molecule has 0 unspecified atom stereocenters. The van der Waals surface area contributed by atoms with Crippen LogP contribution < -0.4 is 4.90 Å². The summed E-state index contributed by atoms with van der Waals surface area (Å²) < 4.78 is 19.7. The first-order chi connectivity index (χ1) is 11.3. The molecule has 2 aromatic carbocycles. The molecule has 116 valence electrons. The van der Waals surface area contributed by atoms with E-state index in [1.54, 1.807) is 12.1 Å². The molecule has 1 heterocycles. The lowest BCUT2D eigenvalue weighted by atomic mass is 10.0. The Kier molecular flexibility index (Phi) is 4.70. The average Bonchev–Trinajstić information content (AvgIpc) is 2.61. The van der Waals surface area contributed by atoms with Gasteiger partial charge in [-0.05, 0) is 29.3 Å². The third-order valence-corrected chi connectivity index (χ3v) is 3.84. The molecule has 0 atom stereocenters. The lowest BCUT2D eigenvalue weighted by Crippen LogP contribution is -2.36. The highest BCUT2D eigenvalue weighted by molar-refractivity contribution is 5.89. The highest BCUT2D eigenvalue weighted by Gasteiger charge is 2.15. The Balaban J connectivity index is 1.87. The first-order valence-corrected chi connectivity index (χ1v) is 7.57. The van der Waals surface area contributed by atoms with E-state index in [1.165, 1.54) is 6.07 Å². The van der Waals surface area contributed by atoms with Crippen molar-refractivity contribution >= 4 is 17.3 Å². The van der Waals surface area contributed by atoms with Crippen LogP contribution in [-0.4, -0.2) is 26.3 Å². The summed E-state index contributed by atoms with van der Waals surface area (Å²) in [6, 6.07) is 16.7. The van der Waals surface area contributed by atoms with Crippen LogP contribution in [0.25, 0.3) is 11.6 Å². The maximum atomic E-state index is 14.4. The topological polar surface area (TPSA) is 36.3 Å². The van der Waals surface area contributed by atoms with Gasteiger partial charge in [-0.15, -0.1) is 0 Å². The maximum Gasteiger partial charge on any atom is 0.147 e. The number of anilines is 1. The van der Waals surface area contributed by atoms with Crippen LogP contribution in [0.5, 0.6) is 0 Å². The molecule has 1 fully saturated rings. The lowest BCUT2D eigenvalue weighted by molar-refractivity contribution is 0.122. The lowest BCUT2D eigenvalue weighted by Gasteiger charge is -2.29. The van der Waals surface area contributed by atoms with Gasteiger partial charge >= 0.3 is 0 Å². The molecule has 0 aromatic heterocycles. The van der Waals surface area contributed by atoms with Crippen LogP contribution in [0.2, 0.25) is 0 Å². The maximum absolute atomic E-state index is 14.4. The van der Waals surface area contributed by atoms with Crippen LogP contribution >= 0.6 is 0 Å². The minimum absolute atomic E-state index is 0.272. The van der Waals surface area contributed by atoms with Gasteiger partial charge in [0, 0.05) is 13.1 Å². The number of benzene rings is 2. The number of nitrogens with zero attached hydrogens (tertiary/aromatic N) is 2. The molecule has 0 N–H and O–H groups in total. The van der Waals surface area contributed by atoms with Crippen molar-refractivity contribution in [3.63, 3.8) is 0 Å². The van der Waals surface area contributed by atoms with Crippen molar-refractivity contribution < 1.29 is 9.13 Å². The normalized spacial score (nSPS) is 15.3. The summed E-state index contributed by atoms with van der Waals surface area (Å²) in [5.74, 6) is -0.272. The van der Waals surface area contributed by atoms with Gasteiger partial charge in [-0.25, -0.2) is 4.39 Å². The van der Waals surface area contributed by atoms with Gasteiger partial charge in [0.25, 0.3) is 0 Å². The van der Waals surface area contributed by atoms with Crippen LogP contribution in [0.3, 0.4) is 0 Å². The molecule has 1 saturated heterocycles. The third kappa shape index (κ3) is 3.58. The highest BCUT2D eigenvalue weighted by Crippen LogP contribution is 2.24. The van der Waals surface area contributed by atoms with Crippen molar-refractivity contribution in [2.75, 3.05) is 31.2 Å². The van der Waals surface area contributed by atoms with Gasteiger partial charge in [0.2, 0.25) is 0 Å². The van der Waals surface area contributed by atoms with Crippen molar-refractivity contribution in [1.82, 2.24) is 0 Å². The number of allylic oxidation sites excluding steroid dienone is 1. The Labute approximate surface area is 135 Å². The molecule has 0 saturated carbocycles. The molecule has 3 rings (SSSR count). The monoisotopic (exact) mass is 308 g/mol. The van der Waals surface area contributed by atoms with E-state index in [9.17, 15) is 9.65 Å². The second-order valence-electron chi connectivity index (χ2n) is 5.35. The fourth-order valence-electron chi connectivity index (χ4n) is 2.64. The SMILES string of the molecule is N#C/C(=C\c1ccc(N2CCOCC2)c(F)c1)c1ccccc1. The Hall–Kier alpha value is -2.64. The van der Waals surface area contributed by atoms with E-state index in [1.807, 2.05) is 41.3 Å². The smallest absolute Gasteiger partial charge is 0.147 e. The van der Waals surface area contributed by atoms with Crippen LogP contribution in [0.1, 0.15) is 11.1 Å². The number of nitriles is 1. The molecule has 3 nitrogen and oxygen atoms in total. The number of hydrogen-bond acceptors (Lipinski definition) is 3. The number of morpholine rings is 1. The van der Waals surface area contributed by atoms with Gasteiger partial charge in [0.05, 0.1) is 30.5 Å². The minimum atomic E-state index is -0.272. The Bertz CT molecular complexity index is 744. The Morgan fingerprint density at radius 1 is 1.13 bits per heavy atom. The van der Waals surface area contributed by atoms with Crippen molar-refractivity contribution in [2.45, 2.75) is 0 Å². The van der Waals surface area contributed by atoms with Crippen LogP contribution in [-0.2, 0) is 4.74 Å². The fraction of sp³-hybridized carbons (Fsp3) is 0.211. The first-order valence-electron chi connectivity index (χ1n) is 7.57. The van der Waals surface area contributed by atoms with Gasteiger partial charge in [-0.1, -0.05) is 36.4 Å². The molecule has 0 amide bonds.